The standard InChI is InChI=1S/C16H28N2O3/c1-11-6-7-12(2)18(11)13(3)14(19)17-9-5-8-16(4,10-17)15(20)21/h11-13H,5-10H2,1-4H3,(H,20,21). The summed E-state index contributed by atoms with van der Waals surface area (Å²) in [5, 5.41) is 9.38. The van der Waals surface area contributed by atoms with Gasteiger partial charge >= 0.3 is 5.97 Å². The molecule has 0 aromatic carbocycles. The van der Waals surface area contributed by atoms with E-state index in [9.17, 15) is 14.7 Å². The van der Waals surface area contributed by atoms with Crippen molar-refractivity contribution in [3.8, 4) is 0 Å². The predicted octanol–water partition coefficient (Wildman–Crippen LogP) is 1.96. The number of amides is 1. The van der Waals surface area contributed by atoms with E-state index in [2.05, 4.69) is 18.7 Å². The SMILES string of the molecule is CC1CCC(C)N1C(C)C(=O)N1CCCC(C)(C(=O)O)C1. The predicted molar refractivity (Wildman–Crippen MR) is 81.0 cm³/mol. The fourth-order valence-electron chi connectivity index (χ4n) is 3.97. The second-order valence-corrected chi connectivity index (χ2v) is 7.13. The van der Waals surface area contributed by atoms with Crippen LogP contribution in [0.4, 0.5) is 0 Å². The zero-order valence-electron chi connectivity index (χ0n) is 13.6. The molecule has 2 saturated heterocycles. The molecule has 0 aliphatic carbocycles. The van der Waals surface area contributed by atoms with Crippen molar-refractivity contribution < 1.29 is 14.7 Å². The number of aliphatic carboxylic acids is 1. The maximum Gasteiger partial charge on any atom is 0.311 e. The smallest absolute Gasteiger partial charge is 0.311 e. The molecule has 2 rings (SSSR count). The highest BCUT2D eigenvalue weighted by molar-refractivity contribution is 5.83. The van der Waals surface area contributed by atoms with Crippen LogP contribution in [0.1, 0.15) is 53.4 Å². The fraction of sp³-hybridized carbons (Fsp3) is 0.875. The van der Waals surface area contributed by atoms with Gasteiger partial charge in [0.1, 0.15) is 0 Å². The first kappa shape index (κ1) is 16.3. The topological polar surface area (TPSA) is 60.9 Å². The summed E-state index contributed by atoms with van der Waals surface area (Å²) in [5.41, 5.74) is -0.796. The Hall–Kier alpha value is -1.10. The molecule has 0 radical (unpaired) electrons. The molecule has 21 heavy (non-hydrogen) atoms. The minimum absolute atomic E-state index is 0.0859. The van der Waals surface area contributed by atoms with Crippen molar-refractivity contribution in [3.63, 3.8) is 0 Å². The van der Waals surface area contributed by atoms with Crippen molar-refractivity contribution in [2.75, 3.05) is 13.1 Å². The van der Waals surface area contributed by atoms with Crippen LogP contribution in [-0.4, -0.2) is 58.0 Å². The highest BCUT2D eigenvalue weighted by Crippen LogP contribution is 2.32. The van der Waals surface area contributed by atoms with E-state index in [0.29, 0.717) is 31.6 Å². The third kappa shape index (κ3) is 3.07. The second-order valence-electron chi connectivity index (χ2n) is 7.13. The summed E-state index contributed by atoms with van der Waals surface area (Å²) in [7, 11) is 0. The molecule has 0 aromatic rings. The molecule has 4 unspecified atom stereocenters. The van der Waals surface area contributed by atoms with Gasteiger partial charge in [0.25, 0.3) is 0 Å². The summed E-state index contributed by atoms with van der Waals surface area (Å²) in [6.45, 7) is 9.08. The number of nitrogens with zero attached hydrogens (tertiary/aromatic N) is 2. The number of rotatable bonds is 3. The van der Waals surface area contributed by atoms with Crippen LogP contribution in [0.15, 0.2) is 0 Å². The Bertz CT molecular complexity index is 416. The van der Waals surface area contributed by atoms with Crippen LogP contribution in [0, 0.1) is 5.41 Å². The van der Waals surface area contributed by atoms with Crippen LogP contribution in [-0.2, 0) is 9.59 Å². The normalized spacial score (nSPS) is 35.7. The van der Waals surface area contributed by atoms with Gasteiger partial charge in [0.2, 0.25) is 5.91 Å². The third-order valence-corrected chi connectivity index (χ3v) is 5.35. The summed E-state index contributed by atoms with van der Waals surface area (Å²) in [4.78, 5) is 28.3. The molecular formula is C16H28N2O3. The zero-order valence-corrected chi connectivity index (χ0v) is 13.6. The van der Waals surface area contributed by atoms with Crippen molar-refractivity contribution in [3.05, 3.63) is 0 Å². The van der Waals surface area contributed by atoms with Gasteiger partial charge in [0.15, 0.2) is 0 Å². The number of hydrogen-bond acceptors (Lipinski definition) is 3. The summed E-state index contributed by atoms with van der Waals surface area (Å²) >= 11 is 0. The summed E-state index contributed by atoms with van der Waals surface area (Å²) in [6.07, 6.45) is 3.68. The summed E-state index contributed by atoms with van der Waals surface area (Å²) in [5.74, 6) is -0.710. The van der Waals surface area contributed by atoms with E-state index in [0.717, 1.165) is 19.3 Å². The number of carbonyl (C=O) groups excluding carboxylic acids is 1. The van der Waals surface area contributed by atoms with E-state index in [1.807, 2.05) is 6.92 Å². The molecule has 0 aromatic heterocycles. The number of carboxylic acid groups (broad SMARTS) is 1. The number of carboxylic acids is 1. The Labute approximate surface area is 127 Å². The molecular weight excluding hydrogens is 268 g/mol. The van der Waals surface area contributed by atoms with E-state index in [-0.39, 0.29) is 11.9 Å². The van der Waals surface area contributed by atoms with Gasteiger partial charge in [0.05, 0.1) is 11.5 Å². The van der Waals surface area contributed by atoms with Crippen molar-refractivity contribution >= 4 is 11.9 Å². The van der Waals surface area contributed by atoms with Crippen LogP contribution in [0.25, 0.3) is 0 Å². The number of carbonyl (C=O) groups is 2. The molecule has 5 nitrogen and oxygen atoms in total. The Kier molecular flexibility index (Phi) is 4.61. The Morgan fingerprint density at radius 3 is 2.33 bits per heavy atom. The molecule has 120 valence electrons. The van der Waals surface area contributed by atoms with Gasteiger partial charge < -0.3 is 10.0 Å². The van der Waals surface area contributed by atoms with E-state index < -0.39 is 11.4 Å². The molecule has 2 aliphatic heterocycles. The molecule has 0 bridgehead atoms. The van der Waals surface area contributed by atoms with Crippen molar-refractivity contribution in [1.82, 2.24) is 9.80 Å². The highest BCUT2D eigenvalue weighted by atomic mass is 16.4. The van der Waals surface area contributed by atoms with Crippen LogP contribution >= 0.6 is 0 Å². The quantitative estimate of drug-likeness (QED) is 0.865. The molecule has 2 fully saturated rings. The lowest BCUT2D eigenvalue weighted by atomic mass is 9.82. The Morgan fingerprint density at radius 2 is 1.81 bits per heavy atom. The van der Waals surface area contributed by atoms with Crippen LogP contribution < -0.4 is 0 Å². The minimum Gasteiger partial charge on any atom is -0.481 e. The lowest BCUT2D eigenvalue weighted by Crippen LogP contribution is -2.55. The molecule has 0 saturated carbocycles. The Morgan fingerprint density at radius 1 is 1.24 bits per heavy atom. The van der Waals surface area contributed by atoms with Gasteiger partial charge in [-0.1, -0.05) is 0 Å². The number of piperidine rings is 1. The Balaban J connectivity index is 2.07. The van der Waals surface area contributed by atoms with Crippen molar-refractivity contribution in [2.45, 2.75) is 71.5 Å². The zero-order chi connectivity index (χ0) is 15.8. The van der Waals surface area contributed by atoms with Crippen LogP contribution in [0.3, 0.4) is 0 Å². The number of likely N-dealkylation sites (tertiary alicyclic amines) is 2. The monoisotopic (exact) mass is 296 g/mol. The molecule has 5 heteroatoms. The van der Waals surface area contributed by atoms with Gasteiger partial charge in [0, 0.05) is 25.2 Å². The van der Waals surface area contributed by atoms with Gasteiger partial charge in [-0.3, -0.25) is 14.5 Å². The third-order valence-electron chi connectivity index (χ3n) is 5.35. The van der Waals surface area contributed by atoms with E-state index in [4.69, 9.17) is 0 Å². The highest BCUT2D eigenvalue weighted by Gasteiger charge is 2.42. The number of hydrogen-bond donors (Lipinski definition) is 1. The first-order valence-electron chi connectivity index (χ1n) is 8.06. The largest absolute Gasteiger partial charge is 0.481 e. The molecule has 0 spiro atoms. The maximum atomic E-state index is 12.8. The van der Waals surface area contributed by atoms with Gasteiger partial charge in [-0.2, -0.15) is 0 Å². The van der Waals surface area contributed by atoms with E-state index in [1.54, 1.807) is 11.8 Å². The molecule has 2 heterocycles. The first-order valence-corrected chi connectivity index (χ1v) is 8.06. The average molecular weight is 296 g/mol. The van der Waals surface area contributed by atoms with E-state index >= 15 is 0 Å². The van der Waals surface area contributed by atoms with Crippen molar-refractivity contribution in [1.29, 1.82) is 0 Å². The average Bonchev–Trinajstić information content (AvgIpc) is 2.76. The second kappa shape index (κ2) is 5.95. The summed E-state index contributed by atoms with van der Waals surface area (Å²) in [6, 6.07) is 0.692. The van der Waals surface area contributed by atoms with Crippen LogP contribution in [0.2, 0.25) is 0 Å². The van der Waals surface area contributed by atoms with Gasteiger partial charge in [-0.15, -0.1) is 0 Å². The molecule has 4 atom stereocenters. The first-order chi connectivity index (χ1) is 9.76. The van der Waals surface area contributed by atoms with E-state index in [1.165, 1.54) is 0 Å². The van der Waals surface area contributed by atoms with Crippen LogP contribution in [0.5, 0.6) is 0 Å². The molecule has 2 aliphatic rings. The lowest BCUT2D eigenvalue weighted by Gasteiger charge is -2.41. The molecule has 1 amide bonds. The fourth-order valence-corrected chi connectivity index (χ4v) is 3.97. The minimum atomic E-state index is -0.796. The lowest BCUT2D eigenvalue weighted by molar-refractivity contribution is -0.154. The van der Waals surface area contributed by atoms with Gasteiger partial charge in [-0.25, -0.2) is 0 Å². The molecule has 1 N–H and O–H groups in total. The van der Waals surface area contributed by atoms with Crippen molar-refractivity contribution in [2.24, 2.45) is 5.41 Å². The maximum absolute atomic E-state index is 12.8. The van der Waals surface area contributed by atoms with Gasteiger partial charge in [-0.05, 0) is 53.4 Å². The summed E-state index contributed by atoms with van der Waals surface area (Å²) < 4.78 is 0.